The van der Waals surface area contributed by atoms with Gasteiger partial charge in [0.25, 0.3) is 0 Å². The fourth-order valence-corrected chi connectivity index (χ4v) is 1.77. The number of amides is 1. The second-order valence-electron chi connectivity index (χ2n) is 6.00. The van der Waals surface area contributed by atoms with Crippen molar-refractivity contribution in [2.75, 3.05) is 13.6 Å². The molecule has 0 saturated carbocycles. The summed E-state index contributed by atoms with van der Waals surface area (Å²) >= 11 is 0. The smallest absolute Gasteiger partial charge is 0.410 e. The fourth-order valence-electron chi connectivity index (χ4n) is 1.77. The van der Waals surface area contributed by atoms with Gasteiger partial charge in [-0.15, -0.1) is 0 Å². The molecular formula is C16H25NO2. The van der Waals surface area contributed by atoms with Crippen LogP contribution in [-0.2, 0) is 4.74 Å². The Bertz CT molecular complexity index is 395. The van der Waals surface area contributed by atoms with Crippen molar-refractivity contribution in [3.8, 4) is 0 Å². The van der Waals surface area contributed by atoms with Crippen LogP contribution in [0.5, 0.6) is 0 Å². The molecule has 0 aliphatic carbocycles. The van der Waals surface area contributed by atoms with E-state index < -0.39 is 5.60 Å². The van der Waals surface area contributed by atoms with Crippen molar-refractivity contribution in [2.45, 2.75) is 45.6 Å². The largest absolute Gasteiger partial charge is 0.444 e. The van der Waals surface area contributed by atoms with Crippen LogP contribution in [0.2, 0.25) is 0 Å². The van der Waals surface area contributed by atoms with Gasteiger partial charge in [-0.2, -0.15) is 0 Å². The van der Waals surface area contributed by atoms with Crippen molar-refractivity contribution >= 4 is 6.09 Å². The highest BCUT2D eigenvalue weighted by Crippen LogP contribution is 2.19. The fraction of sp³-hybridized carbons (Fsp3) is 0.562. The van der Waals surface area contributed by atoms with E-state index in [-0.39, 0.29) is 6.09 Å². The first-order chi connectivity index (χ1) is 8.79. The summed E-state index contributed by atoms with van der Waals surface area (Å²) in [6, 6.07) is 10.4. The van der Waals surface area contributed by atoms with Gasteiger partial charge < -0.3 is 9.64 Å². The second-order valence-corrected chi connectivity index (χ2v) is 6.00. The zero-order valence-corrected chi connectivity index (χ0v) is 12.6. The van der Waals surface area contributed by atoms with Gasteiger partial charge in [-0.05, 0) is 38.7 Å². The third-order valence-electron chi connectivity index (χ3n) is 2.97. The summed E-state index contributed by atoms with van der Waals surface area (Å²) in [5.41, 5.74) is 0.872. The van der Waals surface area contributed by atoms with Crippen molar-refractivity contribution < 1.29 is 9.53 Å². The van der Waals surface area contributed by atoms with E-state index in [4.69, 9.17) is 4.74 Å². The van der Waals surface area contributed by atoms with Crippen LogP contribution in [0.4, 0.5) is 4.79 Å². The number of nitrogens with zero attached hydrogens (tertiary/aromatic N) is 1. The Morgan fingerprint density at radius 3 is 2.37 bits per heavy atom. The van der Waals surface area contributed by atoms with Gasteiger partial charge in [0.2, 0.25) is 0 Å². The van der Waals surface area contributed by atoms with Gasteiger partial charge in [0.1, 0.15) is 5.60 Å². The average molecular weight is 263 g/mol. The van der Waals surface area contributed by atoms with Crippen LogP contribution in [0.25, 0.3) is 0 Å². The SMILES string of the molecule is CC(CCN(C)C(=O)OC(C)(C)C)c1ccccc1. The van der Waals surface area contributed by atoms with Gasteiger partial charge in [0, 0.05) is 13.6 Å². The molecule has 0 spiro atoms. The van der Waals surface area contributed by atoms with Crippen molar-refractivity contribution in [3.63, 3.8) is 0 Å². The first kappa shape index (κ1) is 15.5. The molecule has 0 fully saturated rings. The first-order valence-corrected chi connectivity index (χ1v) is 6.78. The molecule has 0 bridgehead atoms. The molecule has 1 amide bonds. The summed E-state index contributed by atoms with van der Waals surface area (Å²) < 4.78 is 5.32. The zero-order valence-electron chi connectivity index (χ0n) is 12.6. The van der Waals surface area contributed by atoms with Gasteiger partial charge >= 0.3 is 6.09 Å². The van der Waals surface area contributed by atoms with Gasteiger partial charge in [0.05, 0.1) is 0 Å². The van der Waals surface area contributed by atoms with Crippen LogP contribution >= 0.6 is 0 Å². The molecule has 0 aliphatic heterocycles. The normalized spacial score (nSPS) is 12.9. The quantitative estimate of drug-likeness (QED) is 0.820. The van der Waals surface area contributed by atoms with Crippen molar-refractivity contribution in [3.05, 3.63) is 35.9 Å². The molecule has 106 valence electrons. The Labute approximate surface area is 116 Å². The predicted octanol–water partition coefficient (Wildman–Crippen LogP) is 4.05. The summed E-state index contributed by atoms with van der Waals surface area (Å²) in [4.78, 5) is 13.5. The number of hydrogen-bond acceptors (Lipinski definition) is 2. The summed E-state index contributed by atoms with van der Waals surface area (Å²) in [5, 5.41) is 0. The van der Waals surface area contributed by atoms with E-state index in [1.54, 1.807) is 11.9 Å². The van der Waals surface area contributed by atoms with E-state index in [9.17, 15) is 4.79 Å². The van der Waals surface area contributed by atoms with Crippen molar-refractivity contribution in [1.29, 1.82) is 0 Å². The number of benzene rings is 1. The Morgan fingerprint density at radius 1 is 1.26 bits per heavy atom. The third kappa shape index (κ3) is 5.77. The average Bonchev–Trinajstić information content (AvgIpc) is 2.34. The Balaban J connectivity index is 2.42. The highest BCUT2D eigenvalue weighted by atomic mass is 16.6. The minimum Gasteiger partial charge on any atom is -0.444 e. The number of carbonyl (C=O) groups is 1. The molecule has 0 aromatic heterocycles. The van der Waals surface area contributed by atoms with E-state index in [1.165, 1.54) is 5.56 Å². The summed E-state index contributed by atoms with van der Waals surface area (Å²) in [7, 11) is 1.78. The van der Waals surface area contributed by atoms with E-state index in [0.717, 1.165) is 6.42 Å². The van der Waals surface area contributed by atoms with E-state index in [1.807, 2.05) is 39.0 Å². The topological polar surface area (TPSA) is 29.5 Å². The molecule has 19 heavy (non-hydrogen) atoms. The maximum absolute atomic E-state index is 11.8. The summed E-state index contributed by atoms with van der Waals surface area (Å²) in [6.45, 7) is 8.52. The van der Waals surface area contributed by atoms with E-state index in [0.29, 0.717) is 12.5 Å². The second kappa shape index (κ2) is 6.60. The van der Waals surface area contributed by atoms with Crippen LogP contribution in [0, 0.1) is 0 Å². The zero-order chi connectivity index (χ0) is 14.5. The predicted molar refractivity (Wildman–Crippen MR) is 78.3 cm³/mol. The molecule has 1 aromatic rings. The molecule has 1 atom stereocenters. The molecule has 3 heteroatoms. The van der Waals surface area contributed by atoms with Gasteiger partial charge in [-0.25, -0.2) is 4.79 Å². The van der Waals surface area contributed by atoms with Gasteiger partial charge in [-0.3, -0.25) is 0 Å². The van der Waals surface area contributed by atoms with Crippen LogP contribution in [0.3, 0.4) is 0 Å². The number of ether oxygens (including phenoxy) is 1. The van der Waals surface area contributed by atoms with Crippen LogP contribution in [0.15, 0.2) is 30.3 Å². The number of carbonyl (C=O) groups excluding carboxylic acids is 1. The van der Waals surface area contributed by atoms with Crippen LogP contribution < -0.4 is 0 Å². The number of hydrogen-bond donors (Lipinski definition) is 0. The van der Waals surface area contributed by atoms with Gasteiger partial charge in [-0.1, -0.05) is 37.3 Å². The number of rotatable bonds is 4. The molecule has 0 heterocycles. The lowest BCUT2D eigenvalue weighted by Crippen LogP contribution is -2.35. The lowest BCUT2D eigenvalue weighted by atomic mass is 9.98. The summed E-state index contributed by atoms with van der Waals surface area (Å²) in [6.07, 6.45) is 0.674. The monoisotopic (exact) mass is 263 g/mol. The lowest BCUT2D eigenvalue weighted by molar-refractivity contribution is 0.0295. The minimum atomic E-state index is -0.434. The first-order valence-electron chi connectivity index (χ1n) is 6.78. The van der Waals surface area contributed by atoms with Gasteiger partial charge in [0.15, 0.2) is 0 Å². The molecule has 1 aromatic carbocycles. The lowest BCUT2D eigenvalue weighted by Gasteiger charge is -2.25. The minimum absolute atomic E-state index is 0.257. The summed E-state index contributed by atoms with van der Waals surface area (Å²) in [5.74, 6) is 0.436. The molecule has 0 radical (unpaired) electrons. The standard InChI is InChI=1S/C16H25NO2/c1-13(14-9-7-6-8-10-14)11-12-17(5)15(18)19-16(2,3)4/h6-10,13H,11-12H2,1-5H3. The molecule has 0 N–H and O–H groups in total. The molecule has 1 unspecified atom stereocenters. The Kier molecular flexibility index (Phi) is 5.40. The van der Waals surface area contributed by atoms with Crippen LogP contribution in [0.1, 0.15) is 45.6 Å². The maximum atomic E-state index is 11.8. The molecule has 1 rings (SSSR count). The van der Waals surface area contributed by atoms with E-state index >= 15 is 0 Å². The Morgan fingerprint density at radius 2 is 1.84 bits per heavy atom. The molecule has 0 saturated heterocycles. The molecular weight excluding hydrogens is 238 g/mol. The molecule has 3 nitrogen and oxygen atoms in total. The van der Waals surface area contributed by atoms with Crippen LogP contribution in [-0.4, -0.2) is 30.2 Å². The highest BCUT2D eigenvalue weighted by Gasteiger charge is 2.19. The highest BCUT2D eigenvalue weighted by molar-refractivity contribution is 5.67. The molecule has 0 aliphatic rings. The van der Waals surface area contributed by atoms with Crippen molar-refractivity contribution in [2.24, 2.45) is 0 Å². The third-order valence-corrected chi connectivity index (χ3v) is 2.97. The Hall–Kier alpha value is -1.51. The van der Waals surface area contributed by atoms with Crippen molar-refractivity contribution in [1.82, 2.24) is 4.90 Å². The maximum Gasteiger partial charge on any atom is 0.410 e. The van der Waals surface area contributed by atoms with E-state index in [2.05, 4.69) is 19.1 Å².